The molecule has 2 fully saturated rings. The monoisotopic (exact) mass is 342 g/mol. The van der Waals surface area contributed by atoms with E-state index < -0.39 is 0 Å². The predicted octanol–water partition coefficient (Wildman–Crippen LogP) is 1.96. The number of carbonyl (C=O) groups is 1. The highest BCUT2D eigenvalue weighted by Gasteiger charge is 2.24. The maximum Gasteiger partial charge on any atom is 0.246 e. The third-order valence-corrected chi connectivity index (χ3v) is 5.30. The van der Waals surface area contributed by atoms with Crippen molar-refractivity contribution in [2.45, 2.75) is 25.4 Å². The smallest absolute Gasteiger partial charge is 0.246 e. The van der Waals surface area contributed by atoms with Crippen molar-refractivity contribution >= 4 is 12.0 Å². The number of hydrogen-bond donors (Lipinski definition) is 0. The van der Waals surface area contributed by atoms with E-state index in [2.05, 4.69) is 11.0 Å². The second kappa shape index (κ2) is 7.58. The van der Waals surface area contributed by atoms with Crippen molar-refractivity contribution in [3.05, 3.63) is 35.4 Å². The molecule has 3 aliphatic rings. The molecule has 5 heteroatoms. The van der Waals surface area contributed by atoms with Crippen molar-refractivity contribution in [3.8, 4) is 5.75 Å². The van der Waals surface area contributed by atoms with Crippen LogP contribution in [0.1, 0.15) is 24.0 Å². The van der Waals surface area contributed by atoms with E-state index >= 15 is 0 Å². The predicted molar refractivity (Wildman–Crippen MR) is 96.7 cm³/mol. The van der Waals surface area contributed by atoms with E-state index in [1.165, 1.54) is 18.4 Å². The second-order valence-electron chi connectivity index (χ2n) is 7.06. The summed E-state index contributed by atoms with van der Waals surface area (Å²) in [4.78, 5) is 16.8. The Hall–Kier alpha value is -1.85. The molecule has 1 unspecified atom stereocenters. The lowest BCUT2D eigenvalue weighted by atomic mass is 10.1. The number of ether oxygens (including phenoxy) is 2. The average molecular weight is 342 g/mol. The highest BCUT2D eigenvalue weighted by atomic mass is 16.5. The molecule has 5 nitrogen and oxygen atoms in total. The minimum atomic E-state index is 0.105. The van der Waals surface area contributed by atoms with E-state index in [9.17, 15) is 4.79 Å². The minimum Gasteiger partial charge on any atom is -0.493 e. The van der Waals surface area contributed by atoms with Gasteiger partial charge in [0.25, 0.3) is 0 Å². The van der Waals surface area contributed by atoms with Crippen LogP contribution < -0.4 is 4.74 Å². The van der Waals surface area contributed by atoms with E-state index in [1.807, 2.05) is 23.1 Å². The van der Waals surface area contributed by atoms with E-state index in [-0.39, 0.29) is 5.91 Å². The summed E-state index contributed by atoms with van der Waals surface area (Å²) in [6.45, 7) is 6.16. The molecular formula is C20H26N2O3. The van der Waals surface area contributed by atoms with E-state index in [4.69, 9.17) is 9.47 Å². The quantitative estimate of drug-likeness (QED) is 0.785. The molecule has 25 heavy (non-hydrogen) atoms. The SMILES string of the molecule is O=C(/C=C/c1ccc2c(c1)CCO2)N1CCN(CC2CCCO2)CC1. The fourth-order valence-corrected chi connectivity index (χ4v) is 3.81. The van der Waals surface area contributed by atoms with Crippen molar-refractivity contribution in [1.29, 1.82) is 0 Å². The summed E-state index contributed by atoms with van der Waals surface area (Å²) in [5, 5.41) is 0. The molecule has 0 aliphatic carbocycles. The number of hydrogen-bond acceptors (Lipinski definition) is 4. The first-order valence-corrected chi connectivity index (χ1v) is 9.34. The van der Waals surface area contributed by atoms with Crippen LogP contribution in [0.2, 0.25) is 0 Å². The maximum atomic E-state index is 12.4. The molecule has 0 saturated carbocycles. The van der Waals surface area contributed by atoms with Gasteiger partial charge in [0.15, 0.2) is 0 Å². The van der Waals surface area contributed by atoms with Crippen LogP contribution in [0.5, 0.6) is 5.75 Å². The summed E-state index contributed by atoms with van der Waals surface area (Å²) >= 11 is 0. The molecule has 0 bridgehead atoms. The van der Waals surface area contributed by atoms with Crippen molar-refractivity contribution in [2.24, 2.45) is 0 Å². The second-order valence-corrected chi connectivity index (χ2v) is 7.06. The Bertz CT molecular complexity index is 644. The molecule has 3 heterocycles. The average Bonchev–Trinajstić information content (AvgIpc) is 3.31. The highest BCUT2D eigenvalue weighted by Crippen LogP contribution is 2.26. The zero-order valence-corrected chi connectivity index (χ0v) is 14.7. The van der Waals surface area contributed by atoms with E-state index in [1.54, 1.807) is 6.08 Å². The Morgan fingerprint density at radius 1 is 1.20 bits per heavy atom. The number of nitrogens with zero attached hydrogens (tertiary/aromatic N) is 2. The van der Waals surface area contributed by atoms with Crippen LogP contribution in [0.25, 0.3) is 6.08 Å². The van der Waals surface area contributed by atoms with Crippen LogP contribution in [-0.4, -0.2) is 67.7 Å². The van der Waals surface area contributed by atoms with Crippen molar-refractivity contribution in [3.63, 3.8) is 0 Å². The number of rotatable bonds is 4. The molecule has 2 saturated heterocycles. The maximum absolute atomic E-state index is 12.4. The Kier molecular flexibility index (Phi) is 5.04. The van der Waals surface area contributed by atoms with Gasteiger partial charge < -0.3 is 14.4 Å². The third kappa shape index (κ3) is 4.05. The van der Waals surface area contributed by atoms with Gasteiger partial charge in [-0.2, -0.15) is 0 Å². The van der Waals surface area contributed by atoms with E-state index in [0.29, 0.717) is 6.10 Å². The van der Waals surface area contributed by atoms with Gasteiger partial charge in [-0.3, -0.25) is 9.69 Å². The Morgan fingerprint density at radius 2 is 2.08 bits per heavy atom. The van der Waals surface area contributed by atoms with Gasteiger partial charge in [0.05, 0.1) is 12.7 Å². The fourth-order valence-electron chi connectivity index (χ4n) is 3.81. The zero-order chi connectivity index (χ0) is 17.1. The molecule has 1 aromatic carbocycles. The summed E-state index contributed by atoms with van der Waals surface area (Å²) in [5.41, 5.74) is 2.30. The first-order valence-electron chi connectivity index (χ1n) is 9.34. The van der Waals surface area contributed by atoms with Crippen LogP contribution in [0.4, 0.5) is 0 Å². The Morgan fingerprint density at radius 3 is 2.88 bits per heavy atom. The first-order chi connectivity index (χ1) is 12.3. The van der Waals surface area contributed by atoms with Crippen LogP contribution in [-0.2, 0) is 16.0 Å². The van der Waals surface area contributed by atoms with Crippen LogP contribution in [0.15, 0.2) is 24.3 Å². The molecule has 3 aliphatic heterocycles. The summed E-state index contributed by atoms with van der Waals surface area (Å²) in [5.74, 6) is 1.08. The van der Waals surface area contributed by atoms with Crippen molar-refractivity contribution < 1.29 is 14.3 Å². The van der Waals surface area contributed by atoms with Crippen molar-refractivity contribution in [1.82, 2.24) is 9.80 Å². The molecular weight excluding hydrogens is 316 g/mol. The van der Waals surface area contributed by atoms with Gasteiger partial charge >= 0.3 is 0 Å². The first kappa shape index (κ1) is 16.6. The summed E-state index contributed by atoms with van der Waals surface area (Å²) in [6, 6.07) is 6.12. The third-order valence-electron chi connectivity index (χ3n) is 5.30. The van der Waals surface area contributed by atoms with E-state index in [0.717, 1.165) is 63.7 Å². The summed E-state index contributed by atoms with van der Waals surface area (Å²) in [7, 11) is 0. The van der Waals surface area contributed by atoms with Crippen LogP contribution in [0.3, 0.4) is 0 Å². The molecule has 1 amide bonds. The van der Waals surface area contributed by atoms with Crippen molar-refractivity contribution in [2.75, 3.05) is 45.9 Å². The number of piperazine rings is 1. The van der Waals surface area contributed by atoms with Gasteiger partial charge in [-0.15, -0.1) is 0 Å². The topological polar surface area (TPSA) is 42.0 Å². The molecule has 1 aromatic rings. The van der Waals surface area contributed by atoms with Gasteiger partial charge in [-0.05, 0) is 42.2 Å². The normalized spacial score (nSPS) is 23.8. The lowest BCUT2D eigenvalue weighted by molar-refractivity contribution is -0.127. The zero-order valence-electron chi connectivity index (χ0n) is 14.7. The molecule has 134 valence electrons. The van der Waals surface area contributed by atoms with Crippen LogP contribution in [0, 0.1) is 0 Å². The molecule has 4 rings (SSSR count). The molecule has 0 N–H and O–H groups in total. The van der Waals surface area contributed by atoms with Gasteiger partial charge in [0, 0.05) is 51.8 Å². The van der Waals surface area contributed by atoms with Gasteiger partial charge in [0.1, 0.15) is 5.75 Å². The molecule has 1 atom stereocenters. The standard InChI is InChI=1S/C20H26N2O3/c23-20(6-4-16-3-5-19-17(14-16)7-13-25-19)22-10-8-21(9-11-22)15-18-2-1-12-24-18/h3-6,14,18H,1-2,7-13,15H2/b6-4+. The summed E-state index contributed by atoms with van der Waals surface area (Å²) in [6.07, 6.45) is 7.33. The molecule has 0 radical (unpaired) electrons. The minimum absolute atomic E-state index is 0.105. The number of amides is 1. The van der Waals surface area contributed by atoms with Crippen LogP contribution >= 0.6 is 0 Å². The van der Waals surface area contributed by atoms with Gasteiger partial charge in [-0.25, -0.2) is 0 Å². The summed E-state index contributed by atoms with van der Waals surface area (Å²) < 4.78 is 11.2. The fraction of sp³-hybridized carbons (Fsp3) is 0.550. The van der Waals surface area contributed by atoms with Gasteiger partial charge in [-0.1, -0.05) is 6.07 Å². The Balaban J connectivity index is 1.27. The molecule has 0 aromatic heterocycles. The number of fused-ring (bicyclic) bond motifs is 1. The highest BCUT2D eigenvalue weighted by molar-refractivity contribution is 5.91. The number of carbonyl (C=O) groups excluding carboxylic acids is 1. The molecule has 0 spiro atoms. The lowest BCUT2D eigenvalue weighted by Gasteiger charge is -2.35. The Labute approximate surface area is 149 Å². The largest absolute Gasteiger partial charge is 0.493 e. The van der Waals surface area contributed by atoms with Gasteiger partial charge in [0.2, 0.25) is 5.91 Å². The lowest BCUT2D eigenvalue weighted by Crippen LogP contribution is -2.50. The number of benzene rings is 1.